The Bertz CT molecular complexity index is 352. The maximum Gasteiger partial charge on any atom is 0.0391 e. The van der Waals surface area contributed by atoms with Gasteiger partial charge in [-0.1, -0.05) is 32.6 Å². The molecule has 0 aliphatic heterocycles. The lowest BCUT2D eigenvalue weighted by Gasteiger charge is -2.14. The summed E-state index contributed by atoms with van der Waals surface area (Å²) in [6.07, 6.45) is 10.5. The molecule has 0 radical (unpaired) electrons. The number of unbranched alkanes of at least 4 members (excludes halogenated alkanes) is 3. The molecule has 2 N–H and O–H groups in total. The molecule has 2 heteroatoms. The Labute approximate surface area is 103 Å². The Morgan fingerprint density at radius 2 is 1.59 bits per heavy atom. The van der Waals surface area contributed by atoms with Crippen molar-refractivity contribution in [2.75, 3.05) is 0 Å². The maximum atomic E-state index is 3.35. The molecule has 0 bridgehead atoms. The van der Waals surface area contributed by atoms with Gasteiger partial charge in [0, 0.05) is 29.7 Å². The van der Waals surface area contributed by atoms with E-state index < -0.39 is 0 Å². The first kappa shape index (κ1) is 12.0. The van der Waals surface area contributed by atoms with E-state index in [4.69, 9.17) is 0 Å². The highest BCUT2D eigenvalue weighted by Gasteiger charge is 2.14. The smallest absolute Gasteiger partial charge is 0.0391 e. The molecule has 17 heavy (non-hydrogen) atoms. The lowest BCUT2D eigenvalue weighted by Crippen LogP contribution is -2.02. The summed E-state index contributed by atoms with van der Waals surface area (Å²) >= 11 is 0. The standard InChI is InChI=1S/C15H22N2/c1-2-3-4-5-8-13(14-9-6-11-16-14)15-10-7-12-17-15/h6-7,9-13,16-17H,2-5,8H2,1H3. The second-order valence-electron chi connectivity index (χ2n) is 4.65. The molecule has 92 valence electrons. The predicted octanol–water partition coefficient (Wildman–Crippen LogP) is 4.45. The Kier molecular flexibility index (Phi) is 4.48. The molecule has 2 rings (SSSR count). The molecule has 2 nitrogen and oxygen atoms in total. The highest BCUT2D eigenvalue weighted by atomic mass is 14.7. The monoisotopic (exact) mass is 230 g/mol. The summed E-state index contributed by atoms with van der Waals surface area (Å²) in [4.78, 5) is 6.69. The molecule has 0 aliphatic rings. The van der Waals surface area contributed by atoms with Gasteiger partial charge in [0.2, 0.25) is 0 Å². The van der Waals surface area contributed by atoms with E-state index in [1.165, 1.54) is 43.5 Å². The maximum absolute atomic E-state index is 3.35. The van der Waals surface area contributed by atoms with Crippen LogP contribution in [0.15, 0.2) is 36.7 Å². The van der Waals surface area contributed by atoms with Crippen molar-refractivity contribution in [1.82, 2.24) is 9.97 Å². The minimum atomic E-state index is 0.497. The molecule has 0 atom stereocenters. The van der Waals surface area contributed by atoms with E-state index in [0.29, 0.717) is 5.92 Å². The second-order valence-corrected chi connectivity index (χ2v) is 4.65. The number of rotatable bonds is 7. The minimum Gasteiger partial charge on any atom is -0.364 e. The molecule has 0 spiro atoms. The van der Waals surface area contributed by atoms with Crippen molar-refractivity contribution in [3.05, 3.63) is 48.0 Å². The van der Waals surface area contributed by atoms with E-state index in [-0.39, 0.29) is 0 Å². The first-order chi connectivity index (χ1) is 8.42. The first-order valence-electron chi connectivity index (χ1n) is 6.68. The topological polar surface area (TPSA) is 31.6 Å². The van der Waals surface area contributed by atoms with Crippen molar-refractivity contribution in [2.24, 2.45) is 0 Å². The van der Waals surface area contributed by atoms with Gasteiger partial charge >= 0.3 is 0 Å². The van der Waals surface area contributed by atoms with Crippen LogP contribution in [0.2, 0.25) is 0 Å². The van der Waals surface area contributed by atoms with Gasteiger partial charge < -0.3 is 9.97 Å². The summed E-state index contributed by atoms with van der Waals surface area (Å²) in [5.41, 5.74) is 2.65. The number of aromatic amines is 2. The molecule has 0 aliphatic carbocycles. The van der Waals surface area contributed by atoms with Gasteiger partial charge in [-0.2, -0.15) is 0 Å². The number of H-pyrrole nitrogens is 2. The van der Waals surface area contributed by atoms with Crippen molar-refractivity contribution < 1.29 is 0 Å². The van der Waals surface area contributed by atoms with Gasteiger partial charge in [0.1, 0.15) is 0 Å². The molecule has 0 fully saturated rings. The second kappa shape index (κ2) is 6.33. The number of hydrogen-bond acceptors (Lipinski definition) is 0. The zero-order valence-electron chi connectivity index (χ0n) is 10.6. The SMILES string of the molecule is CCCCCCC(c1ccc[nH]1)c1ccc[nH]1. The molecule has 2 aromatic rings. The van der Waals surface area contributed by atoms with Crippen LogP contribution in [-0.4, -0.2) is 9.97 Å². The van der Waals surface area contributed by atoms with Gasteiger partial charge in [-0.3, -0.25) is 0 Å². The fourth-order valence-electron chi connectivity index (χ4n) is 2.38. The summed E-state index contributed by atoms with van der Waals surface area (Å²) < 4.78 is 0. The van der Waals surface area contributed by atoms with Crippen molar-refractivity contribution >= 4 is 0 Å². The molecular weight excluding hydrogens is 208 g/mol. The Hall–Kier alpha value is -1.44. The Balaban J connectivity index is 1.99. The van der Waals surface area contributed by atoms with Crippen molar-refractivity contribution in [2.45, 2.75) is 44.9 Å². The number of nitrogens with one attached hydrogen (secondary N) is 2. The van der Waals surface area contributed by atoms with Crippen LogP contribution >= 0.6 is 0 Å². The first-order valence-corrected chi connectivity index (χ1v) is 6.68. The van der Waals surface area contributed by atoms with Gasteiger partial charge in [0.15, 0.2) is 0 Å². The summed E-state index contributed by atoms with van der Waals surface area (Å²) in [5.74, 6) is 0.497. The fourth-order valence-corrected chi connectivity index (χ4v) is 2.38. The molecule has 0 saturated heterocycles. The van der Waals surface area contributed by atoms with Crippen LogP contribution in [0.5, 0.6) is 0 Å². The highest BCUT2D eigenvalue weighted by Crippen LogP contribution is 2.27. The Morgan fingerprint density at radius 3 is 2.06 bits per heavy atom. The van der Waals surface area contributed by atoms with E-state index in [1.807, 2.05) is 12.4 Å². The zero-order valence-corrected chi connectivity index (χ0v) is 10.6. The van der Waals surface area contributed by atoms with Gasteiger partial charge in [-0.25, -0.2) is 0 Å². The van der Waals surface area contributed by atoms with Gasteiger partial charge in [0.25, 0.3) is 0 Å². The largest absolute Gasteiger partial charge is 0.364 e. The van der Waals surface area contributed by atoms with Crippen LogP contribution in [0.1, 0.15) is 56.3 Å². The predicted molar refractivity (Wildman–Crippen MR) is 72.2 cm³/mol. The van der Waals surface area contributed by atoms with E-state index in [2.05, 4.69) is 41.2 Å². The quantitative estimate of drug-likeness (QED) is 0.659. The summed E-state index contributed by atoms with van der Waals surface area (Å²) in [7, 11) is 0. The van der Waals surface area contributed by atoms with E-state index in [1.54, 1.807) is 0 Å². The molecule has 2 aromatic heterocycles. The minimum absolute atomic E-state index is 0.497. The Morgan fingerprint density at radius 1 is 0.941 bits per heavy atom. The van der Waals surface area contributed by atoms with Gasteiger partial charge in [0.05, 0.1) is 0 Å². The van der Waals surface area contributed by atoms with Crippen LogP contribution in [0.4, 0.5) is 0 Å². The highest BCUT2D eigenvalue weighted by molar-refractivity contribution is 5.23. The summed E-state index contributed by atoms with van der Waals surface area (Å²) in [6, 6.07) is 8.53. The van der Waals surface area contributed by atoms with E-state index in [9.17, 15) is 0 Å². The summed E-state index contributed by atoms with van der Waals surface area (Å²) in [6.45, 7) is 2.26. The van der Waals surface area contributed by atoms with Crippen molar-refractivity contribution in [3.63, 3.8) is 0 Å². The normalized spacial score (nSPS) is 11.2. The van der Waals surface area contributed by atoms with Crippen molar-refractivity contribution in [3.8, 4) is 0 Å². The number of aromatic nitrogens is 2. The van der Waals surface area contributed by atoms with E-state index in [0.717, 1.165) is 0 Å². The third-order valence-corrected chi connectivity index (χ3v) is 3.34. The van der Waals surface area contributed by atoms with Crippen LogP contribution in [0.25, 0.3) is 0 Å². The molecule has 2 heterocycles. The number of hydrogen-bond donors (Lipinski definition) is 2. The molecule has 0 saturated carbocycles. The average Bonchev–Trinajstić information content (AvgIpc) is 3.02. The van der Waals surface area contributed by atoms with Gasteiger partial charge in [-0.05, 0) is 30.7 Å². The summed E-state index contributed by atoms with van der Waals surface area (Å²) in [5, 5.41) is 0. The lowest BCUT2D eigenvalue weighted by molar-refractivity contribution is 0.585. The molecule has 0 amide bonds. The third kappa shape index (κ3) is 3.26. The fraction of sp³-hybridized carbons (Fsp3) is 0.467. The van der Waals surface area contributed by atoms with Crippen molar-refractivity contribution in [1.29, 1.82) is 0 Å². The van der Waals surface area contributed by atoms with Gasteiger partial charge in [-0.15, -0.1) is 0 Å². The molecule has 0 aromatic carbocycles. The molecular formula is C15H22N2. The van der Waals surface area contributed by atoms with Crippen LogP contribution < -0.4 is 0 Å². The lowest BCUT2D eigenvalue weighted by atomic mass is 9.94. The van der Waals surface area contributed by atoms with Crippen LogP contribution in [0.3, 0.4) is 0 Å². The van der Waals surface area contributed by atoms with Crippen LogP contribution in [-0.2, 0) is 0 Å². The molecule has 0 unspecified atom stereocenters. The van der Waals surface area contributed by atoms with E-state index >= 15 is 0 Å². The third-order valence-electron chi connectivity index (χ3n) is 3.34. The average molecular weight is 230 g/mol. The van der Waals surface area contributed by atoms with Crippen LogP contribution in [0, 0.1) is 0 Å². The zero-order chi connectivity index (χ0) is 11.9.